The van der Waals surface area contributed by atoms with Gasteiger partial charge < -0.3 is 20.1 Å². The second-order valence-electron chi connectivity index (χ2n) is 8.06. The molecule has 3 aromatic carbocycles. The molecule has 0 spiro atoms. The molecule has 3 rings (SSSR count). The van der Waals surface area contributed by atoms with Gasteiger partial charge in [-0.3, -0.25) is 29.8 Å². The summed E-state index contributed by atoms with van der Waals surface area (Å²) in [6.45, 7) is 4.41. The van der Waals surface area contributed by atoms with Crippen LogP contribution in [0.4, 0.5) is 22.7 Å². The molecule has 0 aromatic heterocycles. The normalized spacial score (nSPS) is 10.4. The highest BCUT2D eigenvalue weighted by Gasteiger charge is 2.20. The molecule has 0 saturated heterocycles. The molecule has 0 aliphatic rings. The fourth-order valence-corrected chi connectivity index (χ4v) is 3.37. The summed E-state index contributed by atoms with van der Waals surface area (Å²) in [6.07, 6.45) is 1.35. The molecule has 198 valence electrons. The zero-order valence-electron chi connectivity index (χ0n) is 20.8. The maximum atomic E-state index is 13.0. The SMILES string of the molecule is CCCOc1ccc([N+](=O)[O-])cc1C(=O)Nc1cccc(NC(=O)c2cc([N+](=O)[O-])ccc2OCCC)c1. The van der Waals surface area contributed by atoms with Crippen LogP contribution in [-0.2, 0) is 0 Å². The van der Waals surface area contributed by atoms with Gasteiger partial charge in [-0.1, -0.05) is 19.9 Å². The fourth-order valence-electron chi connectivity index (χ4n) is 3.37. The van der Waals surface area contributed by atoms with E-state index >= 15 is 0 Å². The summed E-state index contributed by atoms with van der Waals surface area (Å²) in [5.41, 5.74) is 0.0217. The Kier molecular flexibility index (Phi) is 9.30. The minimum absolute atomic E-state index is 0.0172. The number of carbonyl (C=O) groups is 2. The van der Waals surface area contributed by atoms with Crippen LogP contribution in [0.5, 0.6) is 11.5 Å². The Bertz CT molecular complexity index is 1260. The number of hydrogen-bond acceptors (Lipinski definition) is 8. The fraction of sp³-hybridized carbons (Fsp3) is 0.231. The van der Waals surface area contributed by atoms with Crippen LogP contribution in [0, 0.1) is 20.2 Å². The molecule has 0 radical (unpaired) electrons. The van der Waals surface area contributed by atoms with Gasteiger partial charge in [0.2, 0.25) is 0 Å². The van der Waals surface area contributed by atoms with Gasteiger partial charge in [-0.05, 0) is 43.2 Å². The van der Waals surface area contributed by atoms with Crippen molar-refractivity contribution in [2.75, 3.05) is 23.8 Å². The van der Waals surface area contributed by atoms with Crippen molar-refractivity contribution in [3.63, 3.8) is 0 Å². The number of ether oxygens (including phenoxy) is 2. The average molecular weight is 523 g/mol. The minimum Gasteiger partial charge on any atom is -0.493 e. The van der Waals surface area contributed by atoms with E-state index in [4.69, 9.17) is 9.47 Å². The Morgan fingerprint density at radius 2 is 1.13 bits per heavy atom. The van der Waals surface area contributed by atoms with Gasteiger partial charge in [0.1, 0.15) is 11.5 Å². The van der Waals surface area contributed by atoms with Crippen LogP contribution in [0.25, 0.3) is 0 Å². The number of non-ortho nitro benzene ring substituents is 2. The van der Waals surface area contributed by atoms with E-state index in [1.165, 1.54) is 30.3 Å². The third-order valence-corrected chi connectivity index (χ3v) is 5.14. The predicted octanol–water partition coefficient (Wildman–Crippen LogP) is 5.59. The number of amides is 2. The Morgan fingerprint density at radius 3 is 1.50 bits per heavy atom. The average Bonchev–Trinajstić information content (AvgIpc) is 2.90. The number of nitrogens with one attached hydrogen (secondary N) is 2. The molecule has 2 N–H and O–H groups in total. The summed E-state index contributed by atoms with van der Waals surface area (Å²) in [5.74, 6) is -0.885. The van der Waals surface area contributed by atoms with E-state index < -0.39 is 21.7 Å². The van der Waals surface area contributed by atoms with Crippen LogP contribution >= 0.6 is 0 Å². The quantitative estimate of drug-likeness (QED) is 0.230. The van der Waals surface area contributed by atoms with Gasteiger partial charge in [0.05, 0.1) is 34.2 Å². The largest absolute Gasteiger partial charge is 0.493 e. The predicted molar refractivity (Wildman–Crippen MR) is 140 cm³/mol. The molecule has 3 aromatic rings. The number of rotatable bonds is 12. The van der Waals surface area contributed by atoms with Gasteiger partial charge >= 0.3 is 0 Å². The molecule has 0 atom stereocenters. The number of carbonyl (C=O) groups excluding carboxylic acids is 2. The lowest BCUT2D eigenvalue weighted by Gasteiger charge is -2.13. The van der Waals surface area contributed by atoms with E-state index in [9.17, 15) is 29.8 Å². The van der Waals surface area contributed by atoms with Crippen LogP contribution in [0.2, 0.25) is 0 Å². The van der Waals surface area contributed by atoms with Gasteiger partial charge in [-0.2, -0.15) is 0 Å². The number of hydrogen-bond donors (Lipinski definition) is 2. The van der Waals surface area contributed by atoms with Crippen molar-refractivity contribution in [1.29, 1.82) is 0 Å². The Balaban J connectivity index is 1.83. The standard InChI is InChI=1S/C26H26N4O8/c1-3-12-37-23-10-8-19(29(33)34)15-21(23)25(31)27-17-6-5-7-18(14-17)28-26(32)22-16-20(30(35)36)9-11-24(22)38-13-4-2/h5-11,14-16H,3-4,12-13H2,1-2H3,(H,27,31)(H,28,32). The number of nitro benzene ring substituents is 2. The molecular formula is C26H26N4O8. The highest BCUT2D eigenvalue weighted by Crippen LogP contribution is 2.28. The zero-order chi connectivity index (χ0) is 27.7. The van der Waals surface area contributed by atoms with Crippen LogP contribution in [-0.4, -0.2) is 34.9 Å². The van der Waals surface area contributed by atoms with E-state index in [0.717, 1.165) is 12.1 Å². The van der Waals surface area contributed by atoms with E-state index in [1.807, 2.05) is 13.8 Å². The lowest BCUT2D eigenvalue weighted by molar-refractivity contribution is -0.385. The van der Waals surface area contributed by atoms with Gasteiger partial charge in [0, 0.05) is 35.6 Å². The molecule has 0 aliphatic heterocycles. The maximum Gasteiger partial charge on any atom is 0.270 e. The highest BCUT2D eigenvalue weighted by atomic mass is 16.6. The first kappa shape index (κ1) is 27.6. The summed E-state index contributed by atoms with van der Waals surface area (Å²) in [4.78, 5) is 47.2. The minimum atomic E-state index is -0.641. The lowest BCUT2D eigenvalue weighted by Crippen LogP contribution is -2.16. The molecule has 2 amide bonds. The van der Waals surface area contributed by atoms with Gasteiger partial charge in [0.25, 0.3) is 23.2 Å². The first-order chi connectivity index (χ1) is 18.2. The number of anilines is 2. The van der Waals surface area contributed by atoms with Crippen LogP contribution < -0.4 is 20.1 Å². The van der Waals surface area contributed by atoms with Crippen LogP contribution in [0.15, 0.2) is 60.7 Å². The molecule has 38 heavy (non-hydrogen) atoms. The Labute approximate surface area is 217 Å². The molecule has 0 heterocycles. The molecule has 0 fully saturated rings. The molecule has 0 bridgehead atoms. The molecular weight excluding hydrogens is 496 g/mol. The third kappa shape index (κ3) is 7.03. The van der Waals surface area contributed by atoms with Crippen molar-refractivity contribution < 1.29 is 28.9 Å². The third-order valence-electron chi connectivity index (χ3n) is 5.14. The molecule has 12 heteroatoms. The molecule has 0 aliphatic carbocycles. The van der Waals surface area contributed by atoms with E-state index in [2.05, 4.69) is 10.6 Å². The van der Waals surface area contributed by atoms with E-state index in [-0.39, 0.29) is 34.0 Å². The first-order valence-electron chi connectivity index (χ1n) is 11.8. The topological polar surface area (TPSA) is 163 Å². The second-order valence-corrected chi connectivity index (χ2v) is 8.06. The van der Waals surface area contributed by atoms with Gasteiger partial charge in [-0.15, -0.1) is 0 Å². The number of benzene rings is 3. The van der Waals surface area contributed by atoms with Crippen LogP contribution in [0.3, 0.4) is 0 Å². The summed E-state index contributed by atoms with van der Waals surface area (Å²) in [7, 11) is 0. The summed E-state index contributed by atoms with van der Waals surface area (Å²) in [6, 6.07) is 13.7. The summed E-state index contributed by atoms with van der Waals surface area (Å²) in [5, 5.41) is 27.7. The smallest absolute Gasteiger partial charge is 0.270 e. The molecule has 0 unspecified atom stereocenters. The second kappa shape index (κ2) is 12.8. The molecule has 12 nitrogen and oxygen atoms in total. The first-order valence-corrected chi connectivity index (χ1v) is 11.8. The van der Waals surface area contributed by atoms with Crippen LogP contribution in [0.1, 0.15) is 47.4 Å². The van der Waals surface area contributed by atoms with Crippen molar-refractivity contribution in [1.82, 2.24) is 0 Å². The van der Waals surface area contributed by atoms with Crippen molar-refractivity contribution in [3.05, 3.63) is 92.0 Å². The summed E-state index contributed by atoms with van der Waals surface area (Å²) >= 11 is 0. The zero-order valence-corrected chi connectivity index (χ0v) is 20.8. The monoisotopic (exact) mass is 522 g/mol. The number of nitrogens with zero attached hydrogens (tertiary/aromatic N) is 2. The van der Waals surface area contributed by atoms with E-state index in [0.29, 0.717) is 37.4 Å². The van der Waals surface area contributed by atoms with Gasteiger partial charge in [-0.25, -0.2) is 0 Å². The maximum absolute atomic E-state index is 13.0. The molecule has 0 saturated carbocycles. The van der Waals surface area contributed by atoms with Gasteiger partial charge in [0.15, 0.2) is 0 Å². The van der Waals surface area contributed by atoms with Crippen molar-refractivity contribution in [2.24, 2.45) is 0 Å². The van der Waals surface area contributed by atoms with Crippen molar-refractivity contribution >= 4 is 34.6 Å². The van der Waals surface area contributed by atoms with Crippen molar-refractivity contribution in [2.45, 2.75) is 26.7 Å². The summed E-state index contributed by atoms with van der Waals surface area (Å²) < 4.78 is 11.1. The van der Waals surface area contributed by atoms with Crippen molar-refractivity contribution in [3.8, 4) is 11.5 Å². The van der Waals surface area contributed by atoms with E-state index in [1.54, 1.807) is 18.2 Å². The Morgan fingerprint density at radius 1 is 0.711 bits per heavy atom. The highest BCUT2D eigenvalue weighted by molar-refractivity contribution is 6.08. The number of nitro groups is 2. The Hall–Kier alpha value is -5.00. The lowest BCUT2D eigenvalue weighted by atomic mass is 10.1.